The van der Waals surface area contributed by atoms with Crippen LogP contribution in [-0.2, 0) is 0 Å². The summed E-state index contributed by atoms with van der Waals surface area (Å²) in [5, 5.41) is 0. The minimum Gasteiger partial charge on any atom is -0.496 e. The van der Waals surface area contributed by atoms with Crippen LogP contribution in [0.5, 0.6) is 23.0 Å². The maximum absolute atomic E-state index is 5.68. The lowest BCUT2D eigenvalue weighted by Crippen LogP contribution is -2.09. The van der Waals surface area contributed by atoms with Crippen molar-refractivity contribution in [2.75, 3.05) is 33.2 Å². The van der Waals surface area contributed by atoms with Gasteiger partial charge in [0, 0.05) is 30.0 Å². The molecule has 2 rings (SSSR count). The standard InChI is InChI=1S/C16H19NO4/c1-18-14-9-15(19-2)11-16(10-14)21-7-6-20-13-5-3-4-12(17)8-13/h3-5,8-11H,6-7,17H2,1-2H3. The molecule has 112 valence electrons. The molecule has 5 heteroatoms. The SMILES string of the molecule is COc1cc(OC)cc(OCCOc2cccc(N)c2)c1. The fourth-order valence-corrected chi connectivity index (χ4v) is 1.79. The Morgan fingerprint density at radius 2 is 1.33 bits per heavy atom. The van der Waals surface area contributed by atoms with E-state index in [4.69, 9.17) is 24.7 Å². The Hall–Kier alpha value is -2.56. The fourth-order valence-electron chi connectivity index (χ4n) is 1.79. The van der Waals surface area contributed by atoms with E-state index in [1.54, 1.807) is 38.5 Å². The number of benzene rings is 2. The normalized spacial score (nSPS) is 10.0. The van der Waals surface area contributed by atoms with E-state index in [2.05, 4.69) is 0 Å². The molecule has 2 N–H and O–H groups in total. The second-order valence-electron chi connectivity index (χ2n) is 4.32. The first-order valence-electron chi connectivity index (χ1n) is 6.55. The molecule has 0 aromatic heterocycles. The van der Waals surface area contributed by atoms with Crippen LogP contribution in [0.25, 0.3) is 0 Å². The molecule has 2 aromatic rings. The van der Waals surface area contributed by atoms with Gasteiger partial charge < -0.3 is 24.7 Å². The Kier molecular flexibility index (Phi) is 5.15. The van der Waals surface area contributed by atoms with Crippen molar-refractivity contribution in [1.29, 1.82) is 0 Å². The maximum Gasteiger partial charge on any atom is 0.126 e. The zero-order chi connectivity index (χ0) is 15.1. The highest BCUT2D eigenvalue weighted by molar-refractivity contribution is 5.43. The van der Waals surface area contributed by atoms with Crippen molar-refractivity contribution < 1.29 is 18.9 Å². The number of anilines is 1. The molecule has 5 nitrogen and oxygen atoms in total. The van der Waals surface area contributed by atoms with Crippen LogP contribution in [-0.4, -0.2) is 27.4 Å². The van der Waals surface area contributed by atoms with Crippen molar-refractivity contribution in [3.8, 4) is 23.0 Å². The van der Waals surface area contributed by atoms with Gasteiger partial charge in [-0.2, -0.15) is 0 Å². The first-order chi connectivity index (χ1) is 10.2. The van der Waals surface area contributed by atoms with Gasteiger partial charge in [0.05, 0.1) is 14.2 Å². The Morgan fingerprint density at radius 3 is 1.90 bits per heavy atom. The number of nitrogen functional groups attached to an aromatic ring is 1. The predicted molar refractivity (Wildman–Crippen MR) is 81.4 cm³/mol. The molecule has 0 saturated heterocycles. The van der Waals surface area contributed by atoms with Crippen LogP contribution in [0, 0.1) is 0 Å². The second-order valence-corrected chi connectivity index (χ2v) is 4.32. The molecule has 0 aliphatic heterocycles. The number of hydrogen-bond acceptors (Lipinski definition) is 5. The quantitative estimate of drug-likeness (QED) is 0.627. The van der Waals surface area contributed by atoms with Gasteiger partial charge in [-0.1, -0.05) is 6.07 Å². The molecule has 21 heavy (non-hydrogen) atoms. The molecule has 0 radical (unpaired) electrons. The van der Waals surface area contributed by atoms with Gasteiger partial charge >= 0.3 is 0 Å². The fraction of sp³-hybridized carbons (Fsp3) is 0.250. The lowest BCUT2D eigenvalue weighted by atomic mass is 10.3. The molecule has 0 saturated carbocycles. The van der Waals surface area contributed by atoms with Gasteiger partial charge in [-0.25, -0.2) is 0 Å². The van der Waals surface area contributed by atoms with E-state index in [-0.39, 0.29) is 0 Å². The van der Waals surface area contributed by atoms with Gasteiger partial charge in [0.1, 0.15) is 36.2 Å². The topological polar surface area (TPSA) is 62.9 Å². The second kappa shape index (κ2) is 7.28. The van der Waals surface area contributed by atoms with Crippen molar-refractivity contribution in [3.05, 3.63) is 42.5 Å². The Balaban J connectivity index is 1.85. The first-order valence-corrected chi connectivity index (χ1v) is 6.55. The lowest BCUT2D eigenvalue weighted by Gasteiger charge is -2.11. The summed E-state index contributed by atoms with van der Waals surface area (Å²) in [5.74, 6) is 2.76. The van der Waals surface area contributed by atoms with Crippen LogP contribution in [0.4, 0.5) is 5.69 Å². The monoisotopic (exact) mass is 289 g/mol. The van der Waals surface area contributed by atoms with Crippen LogP contribution in [0.3, 0.4) is 0 Å². The number of methoxy groups -OCH3 is 2. The molecule has 0 fully saturated rings. The van der Waals surface area contributed by atoms with Crippen LogP contribution in [0.15, 0.2) is 42.5 Å². The van der Waals surface area contributed by atoms with Crippen LogP contribution < -0.4 is 24.7 Å². The highest BCUT2D eigenvalue weighted by Gasteiger charge is 2.03. The van der Waals surface area contributed by atoms with Crippen molar-refractivity contribution in [1.82, 2.24) is 0 Å². The average Bonchev–Trinajstić information content (AvgIpc) is 2.51. The zero-order valence-corrected chi connectivity index (χ0v) is 12.2. The number of ether oxygens (including phenoxy) is 4. The minimum absolute atomic E-state index is 0.408. The highest BCUT2D eigenvalue weighted by atomic mass is 16.5. The summed E-state index contributed by atoms with van der Waals surface area (Å²) < 4.78 is 21.5. The van der Waals surface area contributed by atoms with Gasteiger partial charge in [0.2, 0.25) is 0 Å². The molecule has 0 amide bonds. The molecular formula is C16H19NO4. The number of rotatable bonds is 7. The van der Waals surface area contributed by atoms with Crippen molar-refractivity contribution >= 4 is 5.69 Å². The van der Waals surface area contributed by atoms with E-state index < -0.39 is 0 Å². The first kappa shape index (κ1) is 14.8. The molecule has 0 bridgehead atoms. The Bertz CT molecular complexity index is 564. The molecule has 0 heterocycles. The van der Waals surface area contributed by atoms with Gasteiger partial charge in [0.25, 0.3) is 0 Å². The Morgan fingerprint density at radius 1 is 0.762 bits per heavy atom. The molecule has 0 aliphatic rings. The zero-order valence-electron chi connectivity index (χ0n) is 12.2. The molecule has 0 spiro atoms. The third-order valence-electron chi connectivity index (χ3n) is 2.80. The largest absolute Gasteiger partial charge is 0.496 e. The minimum atomic E-state index is 0.408. The lowest BCUT2D eigenvalue weighted by molar-refractivity contribution is 0.216. The predicted octanol–water partition coefficient (Wildman–Crippen LogP) is 2.74. The number of nitrogens with two attached hydrogens (primary N) is 1. The van der Waals surface area contributed by atoms with Gasteiger partial charge in [-0.3, -0.25) is 0 Å². The average molecular weight is 289 g/mol. The van der Waals surface area contributed by atoms with Gasteiger partial charge in [-0.15, -0.1) is 0 Å². The van der Waals surface area contributed by atoms with E-state index in [1.807, 2.05) is 18.2 Å². The smallest absolute Gasteiger partial charge is 0.126 e. The van der Waals surface area contributed by atoms with E-state index in [0.717, 1.165) is 5.75 Å². The van der Waals surface area contributed by atoms with Crippen molar-refractivity contribution in [3.63, 3.8) is 0 Å². The summed E-state index contributed by atoms with van der Waals surface area (Å²) in [6.07, 6.45) is 0. The third kappa shape index (κ3) is 4.49. The van der Waals surface area contributed by atoms with Crippen LogP contribution >= 0.6 is 0 Å². The summed E-state index contributed by atoms with van der Waals surface area (Å²) in [4.78, 5) is 0. The van der Waals surface area contributed by atoms with Crippen molar-refractivity contribution in [2.45, 2.75) is 0 Å². The third-order valence-corrected chi connectivity index (χ3v) is 2.80. The van der Waals surface area contributed by atoms with Gasteiger partial charge in [-0.05, 0) is 12.1 Å². The van der Waals surface area contributed by atoms with Crippen molar-refractivity contribution in [2.24, 2.45) is 0 Å². The van der Waals surface area contributed by atoms with Crippen LogP contribution in [0.2, 0.25) is 0 Å². The molecule has 0 unspecified atom stereocenters. The number of hydrogen-bond donors (Lipinski definition) is 1. The highest BCUT2D eigenvalue weighted by Crippen LogP contribution is 2.27. The van der Waals surface area contributed by atoms with Gasteiger partial charge in [0.15, 0.2) is 0 Å². The van der Waals surface area contributed by atoms with E-state index in [1.165, 1.54) is 0 Å². The maximum atomic E-state index is 5.68. The Labute approximate surface area is 124 Å². The summed E-state index contributed by atoms with van der Waals surface area (Å²) in [7, 11) is 3.20. The van der Waals surface area contributed by atoms with E-state index in [9.17, 15) is 0 Å². The summed E-state index contributed by atoms with van der Waals surface area (Å²) in [5.41, 5.74) is 6.35. The molecular weight excluding hydrogens is 270 g/mol. The molecule has 0 aliphatic carbocycles. The summed E-state index contributed by atoms with van der Waals surface area (Å²) >= 11 is 0. The van der Waals surface area contributed by atoms with Crippen LogP contribution in [0.1, 0.15) is 0 Å². The van der Waals surface area contributed by atoms with E-state index in [0.29, 0.717) is 36.1 Å². The summed E-state index contributed by atoms with van der Waals surface area (Å²) in [6.45, 7) is 0.827. The van der Waals surface area contributed by atoms with E-state index >= 15 is 0 Å². The molecule has 0 atom stereocenters. The molecule has 2 aromatic carbocycles. The summed E-state index contributed by atoms with van der Waals surface area (Å²) in [6, 6.07) is 12.7.